The van der Waals surface area contributed by atoms with E-state index in [4.69, 9.17) is 0 Å². The van der Waals surface area contributed by atoms with Crippen molar-refractivity contribution < 1.29 is 8.42 Å². The van der Waals surface area contributed by atoms with Gasteiger partial charge in [0.1, 0.15) is 0 Å². The average molecular weight is 310 g/mol. The van der Waals surface area contributed by atoms with Crippen LogP contribution >= 0.6 is 0 Å². The molecule has 118 valence electrons. The number of sulfonamides is 1. The second kappa shape index (κ2) is 6.90. The summed E-state index contributed by atoms with van der Waals surface area (Å²) in [7, 11) is -3.37. The van der Waals surface area contributed by atoms with Gasteiger partial charge in [0, 0.05) is 19.1 Å². The monoisotopic (exact) mass is 310 g/mol. The van der Waals surface area contributed by atoms with Crippen molar-refractivity contribution in [3.63, 3.8) is 0 Å². The third-order valence-electron chi connectivity index (χ3n) is 4.18. The molecule has 0 aromatic heterocycles. The van der Waals surface area contributed by atoms with Crippen LogP contribution in [0.3, 0.4) is 0 Å². The highest BCUT2D eigenvalue weighted by Crippen LogP contribution is 2.22. The van der Waals surface area contributed by atoms with Crippen molar-refractivity contribution in [3.8, 4) is 0 Å². The van der Waals surface area contributed by atoms with Crippen LogP contribution in [-0.4, -0.2) is 38.4 Å². The van der Waals surface area contributed by atoms with E-state index in [2.05, 4.69) is 12.2 Å². The molecule has 1 fully saturated rings. The number of hydrogen-bond donors (Lipinski definition) is 1. The van der Waals surface area contributed by atoms with E-state index >= 15 is 0 Å². The lowest BCUT2D eigenvalue weighted by Gasteiger charge is -2.32. The largest absolute Gasteiger partial charge is 0.313 e. The molecule has 1 atom stereocenters. The molecule has 0 aliphatic carbocycles. The normalized spacial score (nSPS) is 20.6. The number of nitrogens with zero attached hydrogens (tertiary/aromatic N) is 1. The van der Waals surface area contributed by atoms with E-state index in [1.807, 2.05) is 19.9 Å². The Balaban J connectivity index is 2.16. The van der Waals surface area contributed by atoms with E-state index in [0.717, 1.165) is 36.9 Å². The maximum absolute atomic E-state index is 12.8. The van der Waals surface area contributed by atoms with Crippen molar-refractivity contribution in [2.75, 3.05) is 19.6 Å². The number of rotatable bonds is 5. The first kappa shape index (κ1) is 16.5. The summed E-state index contributed by atoms with van der Waals surface area (Å²) < 4.78 is 27.2. The molecule has 0 amide bonds. The van der Waals surface area contributed by atoms with Crippen molar-refractivity contribution in [1.29, 1.82) is 0 Å². The molecule has 1 unspecified atom stereocenters. The van der Waals surface area contributed by atoms with Gasteiger partial charge in [-0.1, -0.05) is 13.0 Å². The van der Waals surface area contributed by atoms with Crippen LogP contribution in [0.4, 0.5) is 0 Å². The number of hydrogen-bond acceptors (Lipinski definition) is 3. The van der Waals surface area contributed by atoms with Gasteiger partial charge in [-0.3, -0.25) is 0 Å². The van der Waals surface area contributed by atoms with Crippen molar-refractivity contribution in [2.24, 2.45) is 0 Å². The van der Waals surface area contributed by atoms with Crippen molar-refractivity contribution in [3.05, 3.63) is 29.3 Å². The van der Waals surface area contributed by atoms with Gasteiger partial charge in [0.05, 0.1) is 4.90 Å². The third kappa shape index (κ3) is 3.84. The minimum atomic E-state index is -3.37. The molecule has 5 heteroatoms. The maximum atomic E-state index is 12.8. The first-order valence-corrected chi connectivity index (χ1v) is 9.20. The highest BCUT2D eigenvalue weighted by atomic mass is 32.2. The zero-order chi connectivity index (χ0) is 15.5. The summed E-state index contributed by atoms with van der Waals surface area (Å²) in [6, 6.07) is 5.67. The summed E-state index contributed by atoms with van der Waals surface area (Å²) in [5.74, 6) is 0. The lowest BCUT2D eigenvalue weighted by atomic mass is 10.1. The minimum absolute atomic E-state index is 0.278. The van der Waals surface area contributed by atoms with Gasteiger partial charge in [0.15, 0.2) is 0 Å². The molecule has 1 aromatic carbocycles. The predicted molar refractivity (Wildman–Crippen MR) is 86.0 cm³/mol. The summed E-state index contributed by atoms with van der Waals surface area (Å²) in [5, 5.41) is 3.44. The van der Waals surface area contributed by atoms with Gasteiger partial charge in [0.2, 0.25) is 10.0 Å². The van der Waals surface area contributed by atoms with Gasteiger partial charge in [-0.25, -0.2) is 8.42 Å². The molecule has 1 saturated heterocycles. The van der Waals surface area contributed by atoms with Crippen LogP contribution in [0.25, 0.3) is 0 Å². The third-order valence-corrected chi connectivity index (χ3v) is 6.04. The molecule has 0 spiro atoms. The Labute approximate surface area is 128 Å². The maximum Gasteiger partial charge on any atom is 0.243 e. The topological polar surface area (TPSA) is 49.4 Å². The minimum Gasteiger partial charge on any atom is -0.313 e. The SMILES string of the molecule is CCCNC1CCCN(S(=O)(=O)c2ccc(C)c(C)c2)C1. The van der Waals surface area contributed by atoms with Crippen LogP contribution in [0.5, 0.6) is 0 Å². The lowest BCUT2D eigenvalue weighted by Crippen LogP contribution is -2.48. The second-order valence-corrected chi connectivity index (χ2v) is 7.84. The Morgan fingerprint density at radius 1 is 1.29 bits per heavy atom. The van der Waals surface area contributed by atoms with Crippen molar-refractivity contribution >= 4 is 10.0 Å². The van der Waals surface area contributed by atoms with E-state index in [1.165, 1.54) is 0 Å². The van der Waals surface area contributed by atoms with Gasteiger partial charge in [-0.05, 0) is 62.9 Å². The zero-order valence-electron chi connectivity index (χ0n) is 13.2. The molecule has 0 radical (unpaired) electrons. The van der Waals surface area contributed by atoms with E-state index < -0.39 is 10.0 Å². The van der Waals surface area contributed by atoms with Crippen LogP contribution in [0, 0.1) is 13.8 Å². The molecular weight excluding hydrogens is 284 g/mol. The molecule has 1 aliphatic rings. The highest BCUT2D eigenvalue weighted by Gasteiger charge is 2.30. The quantitative estimate of drug-likeness (QED) is 0.909. The van der Waals surface area contributed by atoms with Crippen molar-refractivity contribution in [1.82, 2.24) is 9.62 Å². The summed E-state index contributed by atoms with van der Waals surface area (Å²) in [5.41, 5.74) is 2.14. The van der Waals surface area contributed by atoms with Gasteiger partial charge in [0.25, 0.3) is 0 Å². The summed E-state index contributed by atoms with van der Waals surface area (Å²) in [6.07, 6.45) is 3.05. The summed E-state index contributed by atoms with van der Waals surface area (Å²) in [6.45, 7) is 8.23. The van der Waals surface area contributed by atoms with E-state index in [9.17, 15) is 8.42 Å². The Kier molecular flexibility index (Phi) is 5.41. The Morgan fingerprint density at radius 2 is 2.05 bits per heavy atom. The fourth-order valence-electron chi connectivity index (χ4n) is 2.70. The Hall–Kier alpha value is -0.910. The fraction of sp³-hybridized carbons (Fsp3) is 0.625. The van der Waals surface area contributed by atoms with E-state index in [-0.39, 0.29) is 6.04 Å². The molecule has 1 aromatic rings. The van der Waals surface area contributed by atoms with Gasteiger partial charge >= 0.3 is 0 Å². The molecular formula is C16H26N2O2S. The molecule has 1 heterocycles. The molecule has 1 aliphatic heterocycles. The fourth-order valence-corrected chi connectivity index (χ4v) is 4.31. The van der Waals surface area contributed by atoms with E-state index in [1.54, 1.807) is 16.4 Å². The van der Waals surface area contributed by atoms with Gasteiger partial charge < -0.3 is 5.32 Å². The van der Waals surface area contributed by atoms with E-state index in [0.29, 0.717) is 18.0 Å². The number of nitrogens with one attached hydrogen (secondary N) is 1. The molecule has 21 heavy (non-hydrogen) atoms. The molecule has 4 nitrogen and oxygen atoms in total. The first-order chi connectivity index (χ1) is 9.95. The zero-order valence-corrected chi connectivity index (χ0v) is 14.0. The molecule has 0 bridgehead atoms. The molecule has 0 saturated carbocycles. The summed E-state index contributed by atoms with van der Waals surface area (Å²) in [4.78, 5) is 0.418. The second-order valence-electron chi connectivity index (χ2n) is 5.90. The van der Waals surface area contributed by atoms with Crippen LogP contribution in [0.2, 0.25) is 0 Å². The van der Waals surface area contributed by atoms with Gasteiger partial charge in [-0.15, -0.1) is 0 Å². The van der Waals surface area contributed by atoms with Gasteiger partial charge in [-0.2, -0.15) is 4.31 Å². The van der Waals surface area contributed by atoms with Crippen LogP contribution in [0.15, 0.2) is 23.1 Å². The first-order valence-electron chi connectivity index (χ1n) is 7.76. The molecule has 2 rings (SSSR count). The summed E-state index contributed by atoms with van der Waals surface area (Å²) >= 11 is 0. The number of aryl methyl sites for hydroxylation is 2. The standard InChI is InChI=1S/C16H26N2O2S/c1-4-9-17-15-6-5-10-18(12-15)21(19,20)16-8-7-13(2)14(3)11-16/h7-8,11,15,17H,4-6,9-10,12H2,1-3H3. The predicted octanol–water partition coefficient (Wildman–Crippen LogP) is 2.46. The molecule has 1 N–H and O–H groups in total. The highest BCUT2D eigenvalue weighted by molar-refractivity contribution is 7.89. The number of benzene rings is 1. The lowest BCUT2D eigenvalue weighted by molar-refractivity contribution is 0.284. The van der Waals surface area contributed by atoms with Crippen LogP contribution in [-0.2, 0) is 10.0 Å². The van der Waals surface area contributed by atoms with Crippen LogP contribution in [0.1, 0.15) is 37.3 Å². The Bertz CT molecular complexity index is 584. The van der Waals surface area contributed by atoms with Crippen molar-refractivity contribution in [2.45, 2.75) is 51.0 Å². The average Bonchev–Trinajstić information content (AvgIpc) is 2.48. The van der Waals surface area contributed by atoms with Crippen LogP contribution < -0.4 is 5.32 Å². The number of piperidine rings is 1. The Morgan fingerprint density at radius 3 is 2.71 bits per heavy atom. The smallest absolute Gasteiger partial charge is 0.243 e.